The van der Waals surface area contributed by atoms with Crippen LogP contribution in [-0.2, 0) is 10.2 Å². The van der Waals surface area contributed by atoms with Gasteiger partial charge in [-0.15, -0.1) is 0 Å². The van der Waals surface area contributed by atoms with Crippen molar-refractivity contribution in [2.75, 3.05) is 20.6 Å². The summed E-state index contributed by atoms with van der Waals surface area (Å²) in [7, 11) is -0.305. The molecule has 0 saturated carbocycles. The Morgan fingerprint density at radius 2 is 2.10 bits per heavy atom. The van der Waals surface area contributed by atoms with E-state index in [4.69, 9.17) is 0 Å². The van der Waals surface area contributed by atoms with E-state index in [1.807, 2.05) is 18.3 Å². The molecule has 3 heterocycles. The first-order valence-corrected chi connectivity index (χ1v) is 8.39. The van der Waals surface area contributed by atoms with Gasteiger partial charge in [-0.05, 0) is 18.9 Å². The van der Waals surface area contributed by atoms with Crippen molar-refractivity contribution in [3.05, 3.63) is 30.2 Å². The van der Waals surface area contributed by atoms with Crippen LogP contribution in [0.3, 0.4) is 0 Å². The average Bonchev–Trinajstić information content (AvgIpc) is 2.94. The second-order valence-electron chi connectivity index (χ2n) is 5.40. The van der Waals surface area contributed by atoms with Crippen LogP contribution in [0, 0.1) is 0 Å². The third-order valence-electron chi connectivity index (χ3n) is 3.83. The molecule has 0 radical (unpaired) electrons. The Balaban J connectivity index is 2.01. The number of aromatic nitrogens is 3. The molecule has 7 nitrogen and oxygen atoms in total. The number of nitrogens with zero attached hydrogens (tertiary/aromatic N) is 5. The molecule has 21 heavy (non-hydrogen) atoms. The molecule has 3 rings (SSSR count). The molecular formula is C13H19N5O2S. The van der Waals surface area contributed by atoms with Crippen LogP contribution < -0.4 is 0 Å². The topological polar surface area (TPSA) is 70.8 Å². The van der Waals surface area contributed by atoms with E-state index in [2.05, 4.69) is 10.1 Å². The van der Waals surface area contributed by atoms with Gasteiger partial charge in [0.05, 0.1) is 17.9 Å². The van der Waals surface area contributed by atoms with E-state index in [0.29, 0.717) is 6.54 Å². The zero-order valence-electron chi connectivity index (χ0n) is 12.2. The molecule has 2 aromatic rings. The zero-order valence-corrected chi connectivity index (χ0v) is 13.0. The van der Waals surface area contributed by atoms with Gasteiger partial charge in [0.2, 0.25) is 0 Å². The van der Waals surface area contributed by atoms with Gasteiger partial charge >= 0.3 is 0 Å². The molecule has 1 fully saturated rings. The van der Waals surface area contributed by atoms with Crippen LogP contribution in [-0.4, -0.2) is 52.3 Å². The maximum absolute atomic E-state index is 12.5. The van der Waals surface area contributed by atoms with E-state index < -0.39 is 10.2 Å². The minimum absolute atomic E-state index is 0.203. The number of hydrogen-bond acceptors (Lipinski definition) is 4. The molecule has 2 aromatic heterocycles. The van der Waals surface area contributed by atoms with Crippen LogP contribution in [0.1, 0.15) is 31.0 Å². The van der Waals surface area contributed by atoms with Gasteiger partial charge in [-0.1, -0.05) is 6.42 Å². The largest absolute Gasteiger partial charge is 0.282 e. The molecule has 0 aliphatic carbocycles. The summed E-state index contributed by atoms with van der Waals surface area (Å²) in [5.41, 5.74) is 1.52. The van der Waals surface area contributed by atoms with Crippen molar-refractivity contribution >= 4 is 15.9 Å². The average molecular weight is 309 g/mol. The first-order valence-electron chi connectivity index (χ1n) is 7.00. The number of fused-ring (bicyclic) bond motifs is 1. The van der Waals surface area contributed by atoms with E-state index in [1.165, 1.54) is 4.31 Å². The molecule has 0 unspecified atom stereocenters. The summed E-state index contributed by atoms with van der Waals surface area (Å²) < 4.78 is 29.5. The zero-order chi connectivity index (χ0) is 15.0. The van der Waals surface area contributed by atoms with Crippen LogP contribution in [0.5, 0.6) is 0 Å². The minimum atomic E-state index is -3.43. The molecule has 0 aromatic carbocycles. The summed E-state index contributed by atoms with van der Waals surface area (Å²) in [6.45, 7) is 0.539. The van der Waals surface area contributed by atoms with Crippen LogP contribution >= 0.6 is 0 Å². The molecule has 1 saturated heterocycles. The Morgan fingerprint density at radius 3 is 2.86 bits per heavy atom. The highest BCUT2D eigenvalue weighted by Crippen LogP contribution is 2.32. The summed E-state index contributed by atoms with van der Waals surface area (Å²) >= 11 is 0. The molecule has 114 valence electrons. The molecule has 1 aliphatic heterocycles. The Morgan fingerprint density at radius 1 is 1.29 bits per heavy atom. The van der Waals surface area contributed by atoms with E-state index in [-0.39, 0.29) is 6.04 Å². The van der Waals surface area contributed by atoms with E-state index >= 15 is 0 Å². The van der Waals surface area contributed by atoms with Crippen molar-refractivity contribution < 1.29 is 8.42 Å². The van der Waals surface area contributed by atoms with Crippen LogP contribution in [0.15, 0.2) is 24.5 Å². The first kappa shape index (κ1) is 14.4. The fraction of sp³-hybridized carbons (Fsp3) is 0.538. The van der Waals surface area contributed by atoms with Crippen molar-refractivity contribution in [1.29, 1.82) is 0 Å². The molecular weight excluding hydrogens is 290 g/mol. The monoisotopic (exact) mass is 309 g/mol. The summed E-state index contributed by atoms with van der Waals surface area (Å²) in [5.74, 6) is 0. The molecule has 0 bridgehead atoms. The lowest BCUT2D eigenvalue weighted by atomic mass is 10.0. The van der Waals surface area contributed by atoms with Crippen LogP contribution in [0.2, 0.25) is 0 Å². The van der Waals surface area contributed by atoms with Gasteiger partial charge in [0.25, 0.3) is 10.2 Å². The van der Waals surface area contributed by atoms with E-state index in [9.17, 15) is 8.42 Å². The third kappa shape index (κ3) is 2.54. The van der Waals surface area contributed by atoms with Gasteiger partial charge < -0.3 is 0 Å². The Hall–Kier alpha value is -1.51. The standard InChI is InChI=1S/C13H19N5O2S/c1-16(2)21(19,20)18-9-4-3-5-12(18)11-7-10-17-13(15-11)6-8-14-17/h6-8,10,12H,3-5,9H2,1-2H3/t12-/m0/s1. The quantitative estimate of drug-likeness (QED) is 0.850. The maximum atomic E-state index is 12.5. The summed E-state index contributed by atoms with van der Waals surface area (Å²) in [6.07, 6.45) is 6.20. The molecule has 1 atom stereocenters. The van der Waals surface area contributed by atoms with Gasteiger partial charge in [0.1, 0.15) is 0 Å². The Labute approximate surface area is 124 Å². The van der Waals surface area contributed by atoms with Crippen LogP contribution in [0.4, 0.5) is 0 Å². The van der Waals surface area contributed by atoms with Gasteiger partial charge in [0.15, 0.2) is 5.65 Å². The predicted octanol–water partition coefficient (Wildman–Crippen LogP) is 1.06. The summed E-state index contributed by atoms with van der Waals surface area (Å²) in [6, 6.07) is 3.47. The van der Waals surface area contributed by atoms with E-state index in [0.717, 1.165) is 30.6 Å². The molecule has 0 spiro atoms. The Kier molecular flexibility index (Phi) is 3.68. The fourth-order valence-electron chi connectivity index (χ4n) is 2.70. The second-order valence-corrected chi connectivity index (χ2v) is 7.49. The van der Waals surface area contributed by atoms with Crippen molar-refractivity contribution in [3.8, 4) is 0 Å². The van der Waals surface area contributed by atoms with Gasteiger partial charge in [-0.25, -0.2) is 9.50 Å². The highest BCUT2D eigenvalue weighted by Gasteiger charge is 2.35. The van der Waals surface area contributed by atoms with Crippen molar-refractivity contribution in [1.82, 2.24) is 23.2 Å². The van der Waals surface area contributed by atoms with Crippen molar-refractivity contribution in [2.45, 2.75) is 25.3 Å². The minimum Gasteiger partial charge on any atom is -0.232 e. The lowest BCUT2D eigenvalue weighted by Crippen LogP contribution is -2.44. The van der Waals surface area contributed by atoms with Gasteiger partial charge in [-0.2, -0.15) is 22.1 Å². The molecule has 8 heteroatoms. The van der Waals surface area contributed by atoms with Gasteiger partial charge in [0, 0.05) is 32.9 Å². The normalized spacial score (nSPS) is 21.2. The van der Waals surface area contributed by atoms with Gasteiger partial charge in [-0.3, -0.25) is 0 Å². The summed E-state index contributed by atoms with van der Waals surface area (Å²) in [4.78, 5) is 4.56. The maximum Gasteiger partial charge on any atom is 0.282 e. The Bertz CT molecular complexity index is 740. The lowest BCUT2D eigenvalue weighted by Gasteiger charge is -2.35. The molecule has 0 N–H and O–H groups in total. The molecule has 0 amide bonds. The number of rotatable bonds is 3. The number of hydrogen-bond donors (Lipinski definition) is 0. The number of piperidine rings is 1. The first-order chi connectivity index (χ1) is 10.00. The van der Waals surface area contributed by atoms with E-state index in [1.54, 1.807) is 29.1 Å². The highest BCUT2D eigenvalue weighted by atomic mass is 32.2. The SMILES string of the molecule is CN(C)S(=O)(=O)N1CCCC[C@H]1c1ccn2nccc2n1. The third-order valence-corrected chi connectivity index (χ3v) is 5.79. The second kappa shape index (κ2) is 5.36. The molecule has 1 aliphatic rings. The van der Waals surface area contributed by atoms with Crippen molar-refractivity contribution in [3.63, 3.8) is 0 Å². The smallest absolute Gasteiger partial charge is 0.232 e. The highest BCUT2D eigenvalue weighted by molar-refractivity contribution is 7.86. The predicted molar refractivity (Wildman–Crippen MR) is 78.9 cm³/mol. The van der Waals surface area contributed by atoms with Crippen molar-refractivity contribution in [2.24, 2.45) is 0 Å². The van der Waals surface area contributed by atoms with Crippen LogP contribution in [0.25, 0.3) is 5.65 Å². The lowest BCUT2D eigenvalue weighted by molar-refractivity contribution is 0.239. The fourth-order valence-corrected chi connectivity index (χ4v) is 4.01. The summed E-state index contributed by atoms with van der Waals surface area (Å²) in [5, 5.41) is 4.12.